The van der Waals surface area contributed by atoms with Crippen LogP contribution >= 0.6 is 0 Å². The number of pyridine rings is 1. The number of ether oxygens (including phenoxy) is 1. The minimum absolute atomic E-state index is 0.00869. The Hall–Kier alpha value is -3.49. The van der Waals surface area contributed by atoms with E-state index in [0.29, 0.717) is 30.2 Å². The fourth-order valence-corrected chi connectivity index (χ4v) is 5.01. The highest BCUT2D eigenvalue weighted by Gasteiger charge is 2.27. The SMILES string of the molecule is COc1ccc(-c2nc(C3CCCCC3)n(CC(=O)N3CCN(c4ccccn4)CC3)n2)c(F)c1. The normalized spacial score (nSPS) is 17.0. The number of methoxy groups -OCH3 is 1. The van der Waals surface area contributed by atoms with E-state index >= 15 is 0 Å². The van der Waals surface area contributed by atoms with Crippen molar-refractivity contribution in [3.05, 3.63) is 54.2 Å². The molecule has 2 aliphatic rings. The molecule has 0 unspecified atom stereocenters. The molecule has 3 heterocycles. The molecule has 1 saturated heterocycles. The lowest BCUT2D eigenvalue weighted by Crippen LogP contribution is -2.50. The van der Waals surface area contributed by atoms with Crippen molar-refractivity contribution >= 4 is 11.7 Å². The van der Waals surface area contributed by atoms with Gasteiger partial charge in [-0.05, 0) is 37.1 Å². The Kier molecular flexibility index (Phi) is 6.92. The van der Waals surface area contributed by atoms with Crippen molar-refractivity contribution in [2.24, 2.45) is 0 Å². The fourth-order valence-electron chi connectivity index (χ4n) is 5.01. The number of anilines is 1. The van der Waals surface area contributed by atoms with Crippen LogP contribution in [0.2, 0.25) is 0 Å². The Morgan fingerprint density at radius 2 is 1.89 bits per heavy atom. The summed E-state index contributed by atoms with van der Waals surface area (Å²) in [5.41, 5.74) is 0.318. The minimum atomic E-state index is -0.436. The largest absolute Gasteiger partial charge is 0.497 e. The molecule has 0 atom stereocenters. The summed E-state index contributed by atoms with van der Waals surface area (Å²) in [6.07, 6.45) is 7.29. The Morgan fingerprint density at radius 3 is 2.57 bits per heavy atom. The number of hydrogen-bond acceptors (Lipinski definition) is 6. The van der Waals surface area contributed by atoms with Crippen LogP contribution in [-0.4, -0.2) is 63.8 Å². The highest BCUT2D eigenvalue weighted by molar-refractivity contribution is 5.76. The second-order valence-electron chi connectivity index (χ2n) is 9.19. The Labute approximate surface area is 204 Å². The number of carbonyl (C=O) groups excluding carboxylic acids is 1. The molecule has 5 rings (SSSR count). The molecule has 1 aromatic carbocycles. The van der Waals surface area contributed by atoms with E-state index in [1.54, 1.807) is 23.0 Å². The van der Waals surface area contributed by atoms with Crippen molar-refractivity contribution in [3.63, 3.8) is 0 Å². The van der Waals surface area contributed by atoms with Crippen LogP contribution in [0.3, 0.4) is 0 Å². The van der Waals surface area contributed by atoms with Crippen molar-refractivity contribution in [3.8, 4) is 17.1 Å². The van der Waals surface area contributed by atoms with Gasteiger partial charge in [0, 0.05) is 44.4 Å². The monoisotopic (exact) mass is 478 g/mol. The summed E-state index contributed by atoms with van der Waals surface area (Å²) in [5, 5.41) is 4.63. The smallest absolute Gasteiger partial charge is 0.244 e. The molecule has 35 heavy (non-hydrogen) atoms. The van der Waals surface area contributed by atoms with Gasteiger partial charge in [0.2, 0.25) is 5.91 Å². The molecular weight excluding hydrogens is 447 g/mol. The van der Waals surface area contributed by atoms with Gasteiger partial charge in [0.25, 0.3) is 0 Å². The molecule has 0 spiro atoms. The van der Waals surface area contributed by atoms with Gasteiger partial charge in [-0.25, -0.2) is 19.0 Å². The molecule has 0 bridgehead atoms. The number of amides is 1. The molecule has 3 aromatic rings. The third kappa shape index (κ3) is 5.13. The lowest BCUT2D eigenvalue weighted by Gasteiger charge is -2.35. The van der Waals surface area contributed by atoms with Crippen LogP contribution in [0.1, 0.15) is 43.8 Å². The zero-order valence-corrected chi connectivity index (χ0v) is 20.1. The first-order chi connectivity index (χ1) is 17.1. The summed E-state index contributed by atoms with van der Waals surface area (Å²) in [6.45, 7) is 2.83. The summed E-state index contributed by atoms with van der Waals surface area (Å²) < 4.78 is 21.6. The molecule has 8 nitrogen and oxygen atoms in total. The van der Waals surface area contributed by atoms with Crippen molar-refractivity contribution in [2.75, 3.05) is 38.2 Å². The van der Waals surface area contributed by atoms with Crippen LogP contribution in [0, 0.1) is 5.82 Å². The van der Waals surface area contributed by atoms with Crippen LogP contribution in [0.15, 0.2) is 42.6 Å². The zero-order chi connectivity index (χ0) is 24.2. The van der Waals surface area contributed by atoms with Crippen molar-refractivity contribution < 1.29 is 13.9 Å². The molecule has 1 aliphatic heterocycles. The second kappa shape index (κ2) is 10.4. The van der Waals surface area contributed by atoms with Crippen molar-refractivity contribution in [1.29, 1.82) is 0 Å². The van der Waals surface area contributed by atoms with E-state index in [2.05, 4.69) is 15.0 Å². The van der Waals surface area contributed by atoms with Crippen LogP contribution in [0.4, 0.5) is 10.2 Å². The summed E-state index contributed by atoms with van der Waals surface area (Å²) in [6, 6.07) is 10.5. The minimum Gasteiger partial charge on any atom is -0.497 e. The van der Waals surface area contributed by atoms with E-state index in [1.165, 1.54) is 19.6 Å². The predicted octanol–water partition coefficient (Wildman–Crippen LogP) is 3.88. The maximum atomic E-state index is 14.8. The quantitative estimate of drug-likeness (QED) is 0.535. The third-order valence-corrected chi connectivity index (χ3v) is 6.98. The lowest BCUT2D eigenvalue weighted by molar-refractivity contribution is -0.132. The average Bonchev–Trinajstić information content (AvgIpc) is 3.33. The molecule has 9 heteroatoms. The van der Waals surface area contributed by atoms with Crippen molar-refractivity contribution in [2.45, 2.75) is 44.6 Å². The predicted molar refractivity (Wildman–Crippen MR) is 131 cm³/mol. The molecular formula is C26H31FN6O2. The van der Waals surface area contributed by atoms with Gasteiger partial charge in [-0.3, -0.25) is 4.79 Å². The van der Waals surface area contributed by atoms with E-state index < -0.39 is 5.82 Å². The van der Waals surface area contributed by atoms with Gasteiger partial charge in [-0.1, -0.05) is 25.3 Å². The number of piperazine rings is 1. The Balaban J connectivity index is 1.34. The van der Waals surface area contributed by atoms with Gasteiger partial charge in [0.05, 0.1) is 12.7 Å². The molecule has 184 valence electrons. The van der Waals surface area contributed by atoms with Gasteiger partial charge < -0.3 is 14.5 Å². The topological polar surface area (TPSA) is 76.4 Å². The van der Waals surface area contributed by atoms with E-state index in [4.69, 9.17) is 9.72 Å². The first kappa shape index (κ1) is 23.3. The Bertz CT molecular complexity index is 1150. The first-order valence-electron chi connectivity index (χ1n) is 12.3. The molecule has 1 aliphatic carbocycles. The molecule has 0 radical (unpaired) electrons. The van der Waals surface area contributed by atoms with Gasteiger partial charge in [-0.2, -0.15) is 5.10 Å². The summed E-state index contributed by atoms with van der Waals surface area (Å²) in [5.74, 6) is 2.29. The maximum Gasteiger partial charge on any atom is 0.244 e. The number of rotatable bonds is 6. The molecule has 0 N–H and O–H groups in total. The number of carbonyl (C=O) groups is 1. The van der Waals surface area contributed by atoms with E-state index in [-0.39, 0.29) is 18.4 Å². The van der Waals surface area contributed by atoms with Crippen LogP contribution in [0.5, 0.6) is 5.75 Å². The third-order valence-electron chi connectivity index (χ3n) is 6.98. The second-order valence-corrected chi connectivity index (χ2v) is 9.19. The van der Waals surface area contributed by atoms with E-state index in [0.717, 1.165) is 50.4 Å². The first-order valence-corrected chi connectivity index (χ1v) is 12.3. The van der Waals surface area contributed by atoms with Crippen LogP contribution < -0.4 is 9.64 Å². The zero-order valence-electron chi connectivity index (χ0n) is 20.1. The van der Waals surface area contributed by atoms with E-state index in [1.807, 2.05) is 23.1 Å². The van der Waals surface area contributed by atoms with Gasteiger partial charge in [0.1, 0.15) is 29.8 Å². The highest BCUT2D eigenvalue weighted by atomic mass is 19.1. The average molecular weight is 479 g/mol. The van der Waals surface area contributed by atoms with Gasteiger partial charge >= 0.3 is 0 Å². The maximum absolute atomic E-state index is 14.8. The summed E-state index contributed by atoms with van der Waals surface area (Å²) in [7, 11) is 1.50. The number of halogens is 1. The summed E-state index contributed by atoms with van der Waals surface area (Å²) >= 11 is 0. The Morgan fingerprint density at radius 1 is 1.09 bits per heavy atom. The van der Waals surface area contributed by atoms with Gasteiger partial charge in [-0.15, -0.1) is 0 Å². The van der Waals surface area contributed by atoms with Crippen LogP contribution in [-0.2, 0) is 11.3 Å². The number of aromatic nitrogens is 4. The molecule has 1 saturated carbocycles. The van der Waals surface area contributed by atoms with Gasteiger partial charge in [0.15, 0.2) is 5.82 Å². The molecule has 1 amide bonds. The standard InChI is InChI=1S/C26H31FN6O2/c1-35-20-10-11-21(22(27)17-20)25-29-26(19-7-3-2-4-8-19)33(30-25)18-24(34)32-15-13-31(14-16-32)23-9-5-6-12-28-23/h5-6,9-12,17,19H,2-4,7-8,13-16,18H2,1H3. The molecule has 2 fully saturated rings. The summed E-state index contributed by atoms with van der Waals surface area (Å²) in [4.78, 5) is 26.5. The molecule has 2 aromatic heterocycles. The number of nitrogens with zero attached hydrogens (tertiary/aromatic N) is 6. The highest BCUT2D eigenvalue weighted by Crippen LogP contribution is 2.33. The van der Waals surface area contributed by atoms with Crippen LogP contribution in [0.25, 0.3) is 11.4 Å². The lowest BCUT2D eigenvalue weighted by atomic mass is 9.88. The van der Waals surface area contributed by atoms with Crippen molar-refractivity contribution in [1.82, 2.24) is 24.6 Å². The number of hydrogen-bond donors (Lipinski definition) is 0. The van der Waals surface area contributed by atoms with E-state index in [9.17, 15) is 9.18 Å². The number of benzene rings is 1. The fraction of sp³-hybridized carbons (Fsp3) is 0.462.